The zero-order chi connectivity index (χ0) is 16.9. The van der Waals surface area contributed by atoms with Crippen molar-refractivity contribution in [3.63, 3.8) is 0 Å². The number of hydrogen-bond acceptors (Lipinski definition) is 4. The smallest absolute Gasteiger partial charge is 0.193 e. The third-order valence-corrected chi connectivity index (χ3v) is 5.93. The number of rotatable bonds is 5. The van der Waals surface area contributed by atoms with E-state index in [-0.39, 0.29) is 0 Å². The number of nitrogens with one attached hydrogen (secondary N) is 1. The summed E-state index contributed by atoms with van der Waals surface area (Å²) in [6.07, 6.45) is 2.29. The molecule has 1 fully saturated rings. The highest BCUT2D eigenvalue weighted by atomic mass is 35.5. The van der Waals surface area contributed by atoms with Crippen LogP contribution in [-0.2, 0) is 9.84 Å². The van der Waals surface area contributed by atoms with E-state index in [0.29, 0.717) is 40.7 Å². The van der Waals surface area contributed by atoms with Crippen molar-refractivity contribution in [1.82, 2.24) is 0 Å². The number of nitrogens with zero attached hydrogens (tertiary/aromatic N) is 1. The van der Waals surface area contributed by atoms with Gasteiger partial charge in [0.25, 0.3) is 0 Å². The minimum atomic E-state index is -2.80. The molecule has 1 aromatic carbocycles. The Hall–Kier alpha value is -1.47. The topological polar surface area (TPSA) is 93.8 Å². The minimum absolute atomic E-state index is 0.291. The molecule has 0 bridgehead atoms. The average Bonchev–Trinajstić information content (AvgIpc) is 2.49. The van der Waals surface area contributed by atoms with Crippen LogP contribution in [0.15, 0.2) is 23.2 Å². The van der Waals surface area contributed by atoms with E-state index in [1.54, 1.807) is 25.3 Å². The Kier molecular flexibility index (Phi) is 6.12. The molecule has 0 atom stereocenters. The molecule has 0 spiro atoms. The summed E-state index contributed by atoms with van der Waals surface area (Å²) in [5, 5.41) is 3.47. The van der Waals surface area contributed by atoms with Crippen LogP contribution in [0.4, 0.5) is 5.69 Å². The Labute approximate surface area is 142 Å². The molecule has 8 heteroatoms. The maximum atomic E-state index is 11.4. The highest BCUT2D eigenvalue weighted by Gasteiger charge is 2.22. The first-order chi connectivity index (χ1) is 10.9. The van der Waals surface area contributed by atoms with Crippen LogP contribution in [0.5, 0.6) is 5.75 Å². The van der Waals surface area contributed by atoms with Crippen LogP contribution in [-0.4, -0.2) is 39.5 Å². The van der Waals surface area contributed by atoms with Gasteiger partial charge in [0, 0.05) is 12.2 Å². The predicted octanol–water partition coefficient (Wildman–Crippen LogP) is 2.29. The third-order valence-electron chi connectivity index (χ3n) is 3.92. The van der Waals surface area contributed by atoms with E-state index in [4.69, 9.17) is 22.1 Å². The number of guanidine groups is 1. The monoisotopic (exact) mass is 359 g/mol. The summed E-state index contributed by atoms with van der Waals surface area (Å²) < 4.78 is 27.8. The molecule has 2 rings (SSSR count). The molecule has 0 saturated carbocycles. The lowest BCUT2D eigenvalue weighted by molar-refractivity contribution is 0.415. The predicted molar refractivity (Wildman–Crippen MR) is 94.1 cm³/mol. The lowest BCUT2D eigenvalue weighted by atomic mass is 9.99. The summed E-state index contributed by atoms with van der Waals surface area (Å²) in [5.74, 6) is 1.90. The van der Waals surface area contributed by atoms with Gasteiger partial charge >= 0.3 is 0 Å². The molecule has 1 aliphatic heterocycles. The van der Waals surface area contributed by atoms with Gasteiger partial charge in [0.1, 0.15) is 15.6 Å². The van der Waals surface area contributed by atoms with E-state index in [1.807, 2.05) is 0 Å². The van der Waals surface area contributed by atoms with Gasteiger partial charge in [0.05, 0.1) is 23.6 Å². The highest BCUT2D eigenvalue weighted by molar-refractivity contribution is 7.91. The third kappa shape index (κ3) is 5.58. The average molecular weight is 360 g/mol. The molecular weight excluding hydrogens is 338 g/mol. The number of methoxy groups -OCH3 is 1. The summed E-state index contributed by atoms with van der Waals surface area (Å²) in [7, 11) is -1.25. The molecule has 0 aliphatic carbocycles. The van der Waals surface area contributed by atoms with Gasteiger partial charge in [-0.25, -0.2) is 8.42 Å². The van der Waals surface area contributed by atoms with Crippen molar-refractivity contribution in [2.24, 2.45) is 16.6 Å². The first-order valence-electron chi connectivity index (χ1n) is 7.50. The zero-order valence-electron chi connectivity index (χ0n) is 13.1. The maximum absolute atomic E-state index is 11.4. The number of anilines is 1. The maximum Gasteiger partial charge on any atom is 0.193 e. The highest BCUT2D eigenvalue weighted by Crippen LogP contribution is 2.27. The summed E-state index contributed by atoms with van der Waals surface area (Å²) >= 11 is 6.05. The second kappa shape index (κ2) is 7.88. The van der Waals surface area contributed by atoms with Crippen LogP contribution in [0, 0.1) is 5.92 Å². The van der Waals surface area contributed by atoms with Crippen LogP contribution < -0.4 is 15.8 Å². The van der Waals surface area contributed by atoms with Crippen molar-refractivity contribution in [2.45, 2.75) is 19.3 Å². The van der Waals surface area contributed by atoms with E-state index in [2.05, 4.69) is 10.3 Å². The lowest BCUT2D eigenvalue weighted by Crippen LogP contribution is -2.25. The van der Waals surface area contributed by atoms with Crippen molar-refractivity contribution < 1.29 is 13.2 Å². The van der Waals surface area contributed by atoms with E-state index in [1.165, 1.54) is 0 Å². The van der Waals surface area contributed by atoms with E-state index < -0.39 is 9.84 Å². The van der Waals surface area contributed by atoms with Gasteiger partial charge < -0.3 is 15.8 Å². The molecule has 23 heavy (non-hydrogen) atoms. The second-order valence-electron chi connectivity index (χ2n) is 5.63. The zero-order valence-corrected chi connectivity index (χ0v) is 14.7. The standard InChI is InChI=1S/C15H22ClN3O3S/c1-22-14-3-2-12(10-13(14)16)19-15(17)18-7-4-11-5-8-23(20,21)9-6-11/h2-3,10-11H,4-9H2,1H3,(H3,17,18,19). The Morgan fingerprint density at radius 2 is 2.13 bits per heavy atom. The normalized spacial score (nSPS) is 18.6. The molecule has 0 unspecified atom stereocenters. The van der Waals surface area contributed by atoms with Crippen LogP contribution in [0.1, 0.15) is 19.3 Å². The minimum Gasteiger partial charge on any atom is -0.495 e. The number of halogens is 1. The molecule has 0 amide bonds. The van der Waals surface area contributed by atoms with Gasteiger partial charge in [-0.3, -0.25) is 4.99 Å². The molecule has 1 aliphatic rings. The summed E-state index contributed by atoms with van der Waals surface area (Å²) in [4.78, 5) is 4.28. The van der Waals surface area contributed by atoms with Crippen molar-refractivity contribution in [2.75, 3.05) is 30.5 Å². The summed E-state index contributed by atoms with van der Waals surface area (Å²) in [6.45, 7) is 0.577. The van der Waals surface area contributed by atoms with Crippen LogP contribution in [0.2, 0.25) is 5.02 Å². The van der Waals surface area contributed by atoms with Gasteiger partial charge in [-0.15, -0.1) is 0 Å². The second-order valence-corrected chi connectivity index (χ2v) is 8.34. The number of benzene rings is 1. The van der Waals surface area contributed by atoms with Crippen molar-refractivity contribution in [3.05, 3.63) is 23.2 Å². The number of sulfone groups is 1. The van der Waals surface area contributed by atoms with E-state index in [0.717, 1.165) is 24.9 Å². The Morgan fingerprint density at radius 1 is 1.43 bits per heavy atom. The molecule has 1 aromatic rings. The first-order valence-corrected chi connectivity index (χ1v) is 9.70. The van der Waals surface area contributed by atoms with Gasteiger partial charge in [0.2, 0.25) is 0 Å². The Balaban J connectivity index is 1.80. The lowest BCUT2D eigenvalue weighted by Gasteiger charge is -2.20. The number of ether oxygens (including phenoxy) is 1. The fourth-order valence-electron chi connectivity index (χ4n) is 2.53. The molecule has 0 aromatic heterocycles. The molecule has 3 N–H and O–H groups in total. The van der Waals surface area contributed by atoms with E-state index in [9.17, 15) is 8.42 Å². The number of nitrogens with two attached hydrogens (primary N) is 1. The fraction of sp³-hybridized carbons (Fsp3) is 0.533. The van der Waals surface area contributed by atoms with Gasteiger partial charge in [0.15, 0.2) is 5.96 Å². The molecule has 1 saturated heterocycles. The summed E-state index contributed by atoms with van der Waals surface area (Å²) in [6, 6.07) is 5.27. The Morgan fingerprint density at radius 3 is 2.74 bits per heavy atom. The molecule has 1 heterocycles. The van der Waals surface area contributed by atoms with Crippen molar-refractivity contribution >= 4 is 33.1 Å². The number of hydrogen-bond donors (Lipinski definition) is 2. The largest absolute Gasteiger partial charge is 0.495 e. The van der Waals surface area contributed by atoms with Gasteiger partial charge in [-0.2, -0.15) is 0 Å². The van der Waals surface area contributed by atoms with Crippen molar-refractivity contribution in [1.29, 1.82) is 0 Å². The molecule has 6 nitrogen and oxygen atoms in total. The SMILES string of the molecule is COc1ccc(NC(N)=NCCC2CCS(=O)(=O)CC2)cc1Cl. The number of aliphatic imine (C=N–C) groups is 1. The molecular formula is C15H22ClN3O3S. The fourth-order valence-corrected chi connectivity index (χ4v) is 4.37. The van der Waals surface area contributed by atoms with E-state index >= 15 is 0 Å². The Bertz CT molecular complexity index is 663. The van der Waals surface area contributed by atoms with Crippen LogP contribution in [0.3, 0.4) is 0 Å². The van der Waals surface area contributed by atoms with Crippen LogP contribution >= 0.6 is 11.6 Å². The summed E-state index contributed by atoms with van der Waals surface area (Å²) in [5.41, 5.74) is 6.59. The van der Waals surface area contributed by atoms with Crippen molar-refractivity contribution in [3.8, 4) is 5.75 Å². The van der Waals surface area contributed by atoms with Gasteiger partial charge in [-0.1, -0.05) is 11.6 Å². The quantitative estimate of drug-likeness (QED) is 0.621. The molecule has 128 valence electrons. The van der Waals surface area contributed by atoms with Crippen LogP contribution in [0.25, 0.3) is 0 Å². The first kappa shape index (κ1) is 17.9. The molecule has 0 radical (unpaired) electrons. The van der Waals surface area contributed by atoms with Gasteiger partial charge in [-0.05, 0) is 43.4 Å².